The van der Waals surface area contributed by atoms with E-state index in [1.54, 1.807) is 0 Å². The maximum atomic E-state index is 12.2. The van der Waals surface area contributed by atoms with Gasteiger partial charge in [0.2, 0.25) is 5.91 Å². The van der Waals surface area contributed by atoms with E-state index in [-0.39, 0.29) is 5.91 Å². The van der Waals surface area contributed by atoms with Gasteiger partial charge in [-0.25, -0.2) is 9.97 Å². The molecule has 4 aromatic rings. The lowest BCUT2D eigenvalue weighted by molar-refractivity contribution is -0.121. The van der Waals surface area contributed by atoms with E-state index in [9.17, 15) is 4.79 Å². The van der Waals surface area contributed by atoms with E-state index in [1.165, 1.54) is 5.56 Å². The Bertz CT molecular complexity index is 1400. The van der Waals surface area contributed by atoms with E-state index in [1.807, 2.05) is 54.6 Å². The summed E-state index contributed by atoms with van der Waals surface area (Å²) in [5.41, 5.74) is 7.34. The first kappa shape index (κ1) is 27.9. The van der Waals surface area contributed by atoms with Crippen LogP contribution in [0.4, 0.5) is 5.82 Å². The number of nitrogens with one attached hydrogen (secondary N) is 1. The number of halogens is 1. The summed E-state index contributed by atoms with van der Waals surface area (Å²) in [5, 5.41) is 3.74. The predicted octanol–water partition coefficient (Wildman–Crippen LogP) is 7.79. The molecule has 5 rings (SSSR count). The van der Waals surface area contributed by atoms with E-state index in [0.717, 1.165) is 91.2 Å². The fourth-order valence-corrected chi connectivity index (χ4v) is 5.32. The van der Waals surface area contributed by atoms with Crippen LogP contribution in [0.1, 0.15) is 55.3 Å². The fraction of sp³-hybridized carbons (Fsp3) is 0.324. The molecule has 3 aromatic carbocycles. The Morgan fingerprint density at radius 2 is 1.52 bits per heavy atom. The highest BCUT2D eigenvalue weighted by molar-refractivity contribution is 6.30. The van der Waals surface area contributed by atoms with E-state index in [2.05, 4.69) is 41.4 Å². The maximum Gasteiger partial charge on any atom is 0.220 e. The highest BCUT2D eigenvalue weighted by atomic mass is 35.5. The lowest BCUT2D eigenvalue weighted by Crippen LogP contribution is -2.32. The third-order valence-electron chi connectivity index (χ3n) is 7.45. The maximum absolute atomic E-state index is 12.2. The third-order valence-corrected chi connectivity index (χ3v) is 7.70. The van der Waals surface area contributed by atoms with Gasteiger partial charge in [-0.1, -0.05) is 96.7 Å². The standard InChI is InChI=1S/C34H37ClN4O/c1-25-14-16-27(17-15-25)33-32(28-18-20-29(35)21-19-28)37-30-12-9-23-39(34(30)38-33)22-8-3-2-7-13-31(40)36-24-26-10-5-4-6-11-26/h4-6,10-11,14-21H,2-3,7-9,12-13,22-24H2,1H3,(H,36,40). The van der Waals surface area contributed by atoms with Crippen molar-refractivity contribution in [2.75, 3.05) is 18.0 Å². The molecule has 0 spiro atoms. The molecule has 0 saturated heterocycles. The Balaban J connectivity index is 1.20. The van der Waals surface area contributed by atoms with Gasteiger partial charge in [0, 0.05) is 42.2 Å². The van der Waals surface area contributed by atoms with Crippen LogP contribution in [0.2, 0.25) is 5.02 Å². The molecular weight excluding hydrogens is 516 g/mol. The van der Waals surface area contributed by atoms with Crippen LogP contribution in [0.15, 0.2) is 78.9 Å². The number of carbonyl (C=O) groups is 1. The van der Waals surface area contributed by atoms with Gasteiger partial charge in [0.15, 0.2) is 5.82 Å². The minimum atomic E-state index is 0.129. The van der Waals surface area contributed by atoms with Gasteiger partial charge >= 0.3 is 0 Å². The van der Waals surface area contributed by atoms with Crippen LogP contribution < -0.4 is 10.2 Å². The van der Waals surface area contributed by atoms with Gasteiger partial charge in [-0.2, -0.15) is 0 Å². The zero-order chi connectivity index (χ0) is 27.7. The predicted molar refractivity (Wildman–Crippen MR) is 165 cm³/mol. The molecule has 2 heterocycles. The van der Waals surface area contributed by atoms with Crippen LogP contribution >= 0.6 is 11.6 Å². The Morgan fingerprint density at radius 1 is 0.850 bits per heavy atom. The van der Waals surface area contributed by atoms with Gasteiger partial charge in [0.05, 0.1) is 17.1 Å². The molecule has 1 aliphatic rings. The van der Waals surface area contributed by atoms with Gasteiger partial charge in [-0.15, -0.1) is 0 Å². The van der Waals surface area contributed by atoms with Crippen LogP contribution in [-0.4, -0.2) is 29.0 Å². The fourth-order valence-electron chi connectivity index (χ4n) is 5.19. The number of benzene rings is 3. The van der Waals surface area contributed by atoms with Crippen molar-refractivity contribution in [3.05, 3.63) is 101 Å². The smallest absolute Gasteiger partial charge is 0.220 e. The monoisotopic (exact) mass is 552 g/mol. The van der Waals surface area contributed by atoms with Crippen molar-refractivity contribution in [2.24, 2.45) is 0 Å². The Kier molecular flexibility index (Phi) is 9.46. The van der Waals surface area contributed by atoms with E-state index < -0.39 is 0 Å². The van der Waals surface area contributed by atoms with Crippen molar-refractivity contribution in [3.8, 4) is 22.5 Å². The average Bonchev–Trinajstić information content (AvgIpc) is 2.98. The van der Waals surface area contributed by atoms with Crippen LogP contribution in [0.3, 0.4) is 0 Å². The molecular formula is C34H37ClN4O. The summed E-state index contributed by atoms with van der Waals surface area (Å²) in [4.78, 5) is 25.1. The molecule has 0 fully saturated rings. The summed E-state index contributed by atoms with van der Waals surface area (Å²) in [6.07, 6.45) is 6.73. The van der Waals surface area contributed by atoms with Gasteiger partial charge in [0.25, 0.3) is 0 Å². The van der Waals surface area contributed by atoms with Crippen molar-refractivity contribution in [1.29, 1.82) is 0 Å². The molecule has 0 bridgehead atoms. The summed E-state index contributed by atoms with van der Waals surface area (Å²) in [6.45, 7) is 4.65. The van der Waals surface area contributed by atoms with Crippen LogP contribution in [0.5, 0.6) is 0 Å². The molecule has 0 saturated carbocycles. The number of amides is 1. The minimum absolute atomic E-state index is 0.129. The number of anilines is 1. The van der Waals surface area contributed by atoms with Crippen molar-refractivity contribution < 1.29 is 4.79 Å². The molecule has 6 heteroatoms. The Labute approximate surface area is 242 Å². The zero-order valence-corrected chi connectivity index (χ0v) is 24.0. The summed E-state index contributed by atoms with van der Waals surface area (Å²) >= 11 is 6.18. The number of nitrogens with zero attached hydrogens (tertiary/aromatic N) is 3. The third kappa shape index (κ3) is 7.28. The van der Waals surface area contributed by atoms with Gasteiger partial charge in [0.1, 0.15) is 0 Å². The number of rotatable bonds is 11. The number of fused-ring (bicyclic) bond motifs is 1. The Hall–Kier alpha value is -3.70. The largest absolute Gasteiger partial charge is 0.355 e. The zero-order valence-electron chi connectivity index (χ0n) is 23.2. The molecule has 0 radical (unpaired) electrons. The van der Waals surface area contributed by atoms with Crippen LogP contribution in [0, 0.1) is 6.92 Å². The van der Waals surface area contributed by atoms with Crippen molar-refractivity contribution >= 4 is 23.3 Å². The van der Waals surface area contributed by atoms with Gasteiger partial charge < -0.3 is 10.2 Å². The first-order chi connectivity index (χ1) is 19.6. The lowest BCUT2D eigenvalue weighted by Gasteiger charge is -2.30. The highest BCUT2D eigenvalue weighted by Crippen LogP contribution is 2.35. The Morgan fingerprint density at radius 3 is 2.27 bits per heavy atom. The quantitative estimate of drug-likeness (QED) is 0.193. The first-order valence-electron chi connectivity index (χ1n) is 14.4. The second-order valence-corrected chi connectivity index (χ2v) is 11.0. The van der Waals surface area contributed by atoms with E-state index in [0.29, 0.717) is 18.0 Å². The lowest BCUT2D eigenvalue weighted by atomic mass is 10.0. The van der Waals surface area contributed by atoms with E-state index >= 15 is 0 Å². The molecule has 0 unspecified atom stereocenters. The van der Waals surface area contributed by atoms with E-state index in [4.69, 9.17) is 21.6 Å². The van der Waals surface area contributed by atoms with Crippen LogP contribution in [0.25, 0.3) is 22.5 Å². The number of hydrogen-bond donors (Lipinski definition) is 1. The summed E-state index contributed by atoms with van der Waals surface area (Å²) in [5.74, 6) is 1.14. The molecule has 5 nitrogen and oxygen atoms in total. The SMILES string of the molecule is Cc1ccc(-c2nc3c(nc2-c2ccc(Cl)cc2)CCCN3CCCCCCC(=O)NCc2ccccc2)cc1. The van der Waals surface area contributed by atoms with Gasteiger partial charge in [-0.3, -0.25) is 4.79 Å². The minimum Gasteiger partial charge on any atom is -0.355 e. The number of aromatic nitrogens is 2. The van der Waals surface area contributed by atoms with Crippen molar-refractivity contribution in [1.82, 2.24) is 15.3 Å². The first-order valence-corrected chi connectivity index (χ1v) is 14.7. The molecule has 1 aliphatic heterocycles. The van der Waals surface area contributed by atoms with Gasteiger partial charge in [-0.05, 0) is 50.3 Å². The van der Waals surface area contributed by atoms with Crippen molar-refractivity contribution in [2.45, 2.75) is 58.4 Å². The molecule has 1 N–H and O–H groups in total. The average molecular weight is 553 g/mol. The number of hydrogen-bond acceptors (Lipinski definition) is 4. The van der Waals surface area contributed by atoms with Crippen molar-refractivity contribution in [3.63, 3.8) is 0 Å². The summed E-state index contributed by atoms with van der Waals surface area (Å²) in [7, 11) is 0. The molecule has 0 atom stereocenters. The van der Waals surface area contributed by atoms with Crippen LogP contribution in [-0.2, 0) is 17.8 Å². The topological polar surface area (TPSA) is 58.1 Å². The second kappa shape index (κ2) is 13.6. The number of carbonyl (C=O) groups excluding carboxylic acids is 1. The molecule has 1 aromatic heterocycles. The molecule has 1 amide bonds. The molecule has 0 aliphatic carbocycles. The molecule has 206 valence electrons. The number of unbranched alkanes of at least 4 members (excludes halogenated alkanes) is 3. The second-order valence-electron chi connectivity index (χ2n) is 10.6. The number of aryl methyl sites for hydroxylation is 2. The summed E-state index contributed by atoms with van der Waals surface area (Å²) < 4.78 is 0. The summed E-state index contributed by atoms with van der Waals surface area (Å²) in [6, 6.07) is 26.4. The highest BCUT2D eigenvalue weighted by Gasteiger charge is 2.23. The normalized spacial score (nSPS) is 12.7. The molecule has 40 heavy (non-hydrogen) atoms.